The fourth-order valence-electron chi connectivity index (χ4n) is 2.79. The Hall–Kier alpha value is -2.05. The minimum atomic E-state index is -4.47. The maximum Gasteiger partial charge on any atom is 0.416 e. The van der Waals surface area contributed by atoms with Crippen molar-refractivity contribution in [3.05, 3.63) is 35.4 Å². The molecule has 132 valence electrons. The van der Waals surface area contributed by atoms with Crippen LogP contribution in [0, 0.1) is 0 Å². The van der Waals surface area contributed by atoms with Crippen molar-refractivity contribution in [2.45, 2.75) is 44.8 Å². The number of hydrogen-bond acceptors (Lipinski definition) is 2. The van der Waals surface area contributed by atoms with Gasteiger partial charge in [-0.3, -0.25) is 9.59 Å². The molecule has 1 fully saturated rings. The minimum Gasteiger partial charge on any atom is -0.354 e. The Balaban J connectivity index is 2.35. The molecular formula is C17H21F3N2O2. The molecule has 4 nitrogen and oxygen atoms in total. The summed E-state index contributed by atoms with van der Waals surface area (Å²) < 4.78 is 38.8. The summed E-state index contributed by atoms with van der Waals surface area (Å²) in [5.74, 6) is -0.605. The van der Waals surface area contributed by atoms with Gasteiger partial charge < -0.3 is 10.2 Å². The third-order valence-corrected chi connectivity index (χ3v) is 4.43. The second-order valence-corrected chi connectivity index (χ2v) is 6.52. The van der Waals surface area contributed by atoms with Gasteiger partial charge in [0.25, 0.3) is 0 Å². The molecule has 0 aromatic heterocycles. The maximum absolute atomic E-state index is 13.0. The number of carbonyl (C=O) groups is 2. The van der Waals surface area contributed by atoms with Crippen LogP contribution in [0.2, 0.25) is 0 Å². The summed E-state index contributed by atoms with van der Waals surface area (Å²) >= 11 is 0. The summed E-state index contributed by atoms with van der Waals surface area (Å²) in [5, 5.41) is 2.72. The van der Waals surface area contributed by atoms with Crippen molar-refractivity contribution < 1.29 is 22.8 Å². The molecule has 0 aliphatic carbocycles. The van der Waals surface area contributed by atoms with Crippen molar-refractivity contribution in [1.29, 1.82) is 0 Å². The first-order valence-corrected chi connectivity index (χ1v) is 7.81. The first kappa shape index (κ1) is 18.3. The van der Waals surface area contributed by atoms with E-state index in [2.05, 4.69) is 5.32 Å². The van der Waals surface area contributed by atoms with Gasteiger partial charge in [-0.25, -0.2) is 0 Å². The van der Waals surface area contributed by atoms with Crippen molar-refractivity contribution in [3.8, 4) is 0 Å². The minimum absolute atomic E-state index is 0.249. The molecule has 2 amide bonds. The zero-order valence-electron chi connectivity index (χ0n) is 13.9. The Morgan fingerprint density at radius 3 is 2.50 bits per heavy atom. The van der Waals surface area contributed by atoms with Crippen LogP contribution in [-0.2, 0) is 21.2 Å². The van der Waals surface area contributed by atoms with Gasteiger partial charge in [0.05, 0.1) is 11.0 Å². The highest BCUT2D eigenvalue weighted by Gasteiger charge is 2.39. The second kappa shape index (κ2) is 6.45. The predicted molar refractivity (Wildman–Crippen MR) is 83.3 cm³/mol. The van der Waals surface area contributed by atoms with Crippen molar-refractivity contribution in [2.75, 3.05) is 13.1 Å². The summed E-state index contributed by atoms with van der Waals surface area (Å²) in [6.07, 6.45) is -3.86. The van der Waals surface area contributed by atoms with E-state index in [9.17, 15) is 22.8 Å². The number of alkyl halides is 3. The van der Waals surface area contributed by atoms with Crippen molar-refractivity contribution >= 4 is 11.8 Å². The van der Waals surface area contributed by atoms with Gasteiger partial charge in [-0.2, -0.15) is 13.2 Å². The highest BCUT2D eigenvalue weighted by atomic mass is 19.4. The lowest BCUT2D eigenvalue weighted by atomic mass is 9.82. The Morgan fingerprint density at radius 2 is 1.88 bits per heavy atom. The third kappa shape index (κ3) is 3.55. The Labute approximate surface area is 139 Å². The van der Waals surface area contributed by atoms with Gasteiger partial charge >= 0.3 is 6.18 Å². The van der Waals surface area contributed by atoms with Gasteiger partial charge in [-0.1, -0.05) is 18.2 Å². The molecule has 7 heteroatoms. The van der Waals surface area contributed by atoms with E-state index in [4.69, 9.17) is 0 Å². The van der Waals surface area contributed by atoms with Crippen LogP contribution in [0.5, 0.6) is 0 Å². The largest absolute Gasteiger partial charge is 0.416 e. The van der Waals surface area contributed by atoms with Crippen molar-refractivity contribution in [1.82, 2.24) is 10.2 Å². The zero-order valence-corrected chi connectivity index (χ0v) is 13.9. The summed E-state index contributed by atoms with van der Waals surface area (Å²) in [6.45, 7) is 5.67. The van der Waals surface area contributed by atoms with E-state index >= 15 is 0 Å². The lowest BCUT2D eigenvalue weighted by Crippen LogP contribution is -2.51. The topological polar surface area (TPSA) is 49.4 Å². The molecule has 0 bridgehead atoms. The highest BCUT2D eigenvalue weighted by molar-refractivity contribution is 5.92. The van der Waals surface area contributed by atoms with Crippen LogP contribution in [0.4, 0.5) is 13.2 Å². The molecule has 1 aromatic carbocycles. The van der Waals surface area contributed by atoms with Gasteiger partial charge in [0.15, 0.2) is 0 Å². The standard InChI is InChI=1S/C17H21F3N2O2/c1-11-14(23)21-8-5-9-22(11)15(24)16(2,3)12-6-4-7-13(10-12)17(18,19)20/h4,6-7,10-11H,5,8-9H2,1-3H3,(H,21,23)/t11-/m0/s1. The molecule has 0 radical (unpaired) electrons. The first-order valence-electron chi connectivity index (χ1n) is 7.81. The van der Waals surface area contributed by atoms with Crippen molar-refractivity contribution in [2.24, 2.45) is 0 Å². The molecule has 1 aromatic rings. The van der Waals surface area contributed by atoms with E-state index < -0.39 is 23.2 Å². The Morgan fingerprint density at radius 1 is 1.25 bits per heavy atom. The van der Waals surface area contributed by atoms with E-state index in [1.54, 1.807) is 20.8 Å². The molecule has 1 N–H and O–H groups in total. The molecule has 1 saturated heterocycles. The lowest BCUT2D eigenvalue weighted by Gasteiger charge is -2.34. The van der Waals surface area contributed by atoms with Gasteiger partial charge in [-0.05, 0) is 38.8 Å². The van der Waals surface area contributed by atoms with Crippen LogP contribution in [0.3, 0.4) is 0 Å². The Bertz CT molecular complexity index is 641. The van der Waals surface area contributed by atoms with E-state index in [0.29, 0.717) is 19.5 Å². The fraction of sp³-hybridized carbons (Fsp3) is 0.529. The fourth-order valence-corrected chi connectivity index (χ4v) is 2.79. The number of amides is 2. The van der Waals surface area contributed by atoms with E-state index in [1.807, 2.05) is 0 Å². The normalized spacial score (nSPS) is 19.7. The molecule has 0 saturated carbocycles. The van der Waals surface area contributed by atoms with Gasteiger partial charge in [0.2, 0.25) is 11.8 Å². The molecule has 24 heavy (non-hydrogen) atoms. The molecule has 0 spiro atoms. The molecule has 2 rings (SSSR count). The third-order valence-electron chi connectivity index (χ3n) is 4.43. The average Bonchev–Trinajstić information content (AvgIpc) is 2.68. The van der Waals surface area contributed by atoms with Gasteiger partial charge in [-0.15, -0.1) is 0 Å². The predicted octanol–water partition coefficient (Wildman–Crippen LogP) is 2.72. The maximum atomic E-state index is 13.0. The lowest BCUT2D eigenvalue weighted by molar-refractivity contribution is -0.143. The van der Waals surface area contributed by atoms with E-state index in [-0.39, 0.29) is 17.4 Å². The van der Waals surface area contributed by atoms with Crippen LogP contribution < -0.4 is 5.32 Å². The molecule has 1 atom stereocenters. The van der Waals surface area contributed by atoms with E-state index in [1.165, 1.54) is 17.0 Å². The number of nitrogens with zero attached hydrogens (tertiary/aromatic N) is 1. The number of nitrogens with one attached hydrogen (secondary N) is 1. The number of benzene rings is 1. The summed E-state index contributed by atoms with van der Waals surface area (Å²) in [4.78, 5) is 26.3. The van der Waals surface area contributed by atoms with Crippen LogP contribution in [0.25, 0.3) is 0 Å². The molecule has 1 heterocycles. The van der Waals surface area contributed by atoms with Gasteiger partial charge in [0, 0.05) is 13.1 Å². The SMILES string of the molecule is C[C@H]1C(=O)NCCCN1C(=O)C(C)(C)c1cccc(C(F)(F)F)c1. The van der Waals surface area contributed by atoms with Crippen LogP contribution in [0.15, 0.2) is 24.3 Å². The quantitative estimate of drug-likeness (QED) is 0.898. The Kier molecular flexibility index (Phi) is 4.92. The number of carbonyl (C=O) groups excluding carboxylic acids is 2. The van der Waals surface area contributed by atoms with Crippen molar-refractivity contribution in [3.63, 3.8) is 0 Å². The van der Waals surface area contributed by atoms with Crippen LogP contribution >= 0.6 is 0 Å². The van der Waals surface area contributed by atoms with E-state index in [0.717, 1.165) is 12.1 Å². The molecule has 0 unspecified atom stereocenters. The second-order valence-electron chi connectivity index (χ2n) is 6.52. The summed E-state index contributed by atoms with van der Waals surface area (Å²) in [6, 6.07) is 4.14. The summed E-state index contributed by atoms with van der Waals surface area (Å²) in [5.41, 5.74) is -1.68. The number of halogens is 3. The van der Waals surface area contributed by atoms with Gasteiger partial charge in [0.1, 0.15) is 6.04 Å². The average molecular weight is 342 g/mol. The van der Waals surface area contributed by atoms with Crippen LogP contribution in [0.1, 0.15) is 38.3 Å². The number of rotatable bonds is 2. The van der Waals surface area contributed by atoms with Crippen LogP contribution in [-0.4, -0.2) is 35.8 Å². The first-order chi connectivity index (χ1) is 11.0. The number of hydrogen-bond donors (Lipinski definition) is 1. The summed E-state index contributed by atoms with van der Waals surface area (Å²) in [7, 11) is 0. The zero-order chi connectivity index (χ0) is 18.1. The highest BCUT2D eigenvalue weighted by Crippen LogP contribution is 2.34. The molecule has 1 aliphatic rings. The monoisotopic (exact) mass is 342 g/mol. The smallest absolute Gasteiger partial charge is 0.354 e. The molecule has 1 aliphatic heterocycles. The molecular weight excluding hydrogens is 321 g/mol.